The second-order valence-electron chi connectivity index (χ2n) is 5.65. The number of aliphatic hydroxyl groups excluding tert-OH is 2. The summed E-state index contributed by atoms with van der Waals surface area (Å²) in [4.78, 5) is 23.0. The van der Waals surface area contributed by atoms with Crippen molar-refractivity contribution in [2.75, 3.05) is 19.7 Å². The minimum atomic E-state index is -1.27. The molecule has 0 saturated carbocycles. The Labute approximate surface area is 120 Å². The predicted molar refractivity (Wildman–Crippen MR) is 77.0 cm³/mol. The maximum Gasteiger partial charge on any atom is 0.249 e. The molecule has 0 aromatic rings. The molecule has 0 fully saturated rings. The van der Waals surface area contributed by atoms with Crippen molar-refractivity contribution in [3.63, 3.8) is 0 Å². The standard InChI is InChI=1S/C14H28N2O4/c1-4-5-6-7-11(18)15-8-9-16-13(20)12(19)14(2,3)10-17/h12,17,19H,4-10H2,1-3H3,(H,15,18)(H,16,20)/t12-/m0/s1. The summed E-state index contributed by atoms with van der Waals surface area (Å²) in [5.41, 5.74) is -0.881. The number of hydrogen-bond acceptors (Lipinski definition) is 4. The molecule has 0 rings (SSSR count). The fourth-order valence-corrected chi connectivity index (χ4v) is 1.55. The smallest absolute Gasteiger partial charge is 0.249 e. The minimum absolute atomic E-state index is 0.0241. The van der Waals surface area contributed by atoms with E-state index in [-0.39, 0.29) is 19.1 Å². The molecule has 0 aliphatic rings. The molecule has 1 atom stereocenters. The summed E-state index contributed by atoms with van der Waals surface area (Å²) >= 11 is 0. The molecule has 4 N–H and O–H groups in total. The Balaban J connectivity index is 3.79. The van der Waals surface area contributed by atoms with Crippen LogP contribution in [0.4, 0.5) is 0 Å². The molecule has 0 aliphatic carbocycles. The number of aliphatic hydroxyl groups is 2. The Morgan fingerprint density at radius 2 is 1.75 bits per heavy atom. The molecule has 0 unspecified atom stereocenters. The van der Waals surface area contributed by atoms with E-state index in [0.29, 0.717) is 13.0 Å². The van der Waals surface area contributed by atoms with Crippen molar-refractivity contribution in [1.29, 1.82) is 0 Å². The van der Waals surface area contributed by atoms with Gasteiger partial charge in [-0.15, -0.1) is 0 Å². The quantitative estimate of drug-likeness (QED) is 0.431. The van der Waals surface area contributed by atoms with E-state index in [1.807, 2.05) is 0 Å². The minimum Gasteiger partial charge on any atom is -0.396 e. The Hall–Kier alpha value is -1.14. The molecule has 6 heteroatoms. The highest BCUT2D eigenvalue weighted by atomic mass is 16.3. The van der Waals surface area contributed by atoms with Crippen molar-refractivity contribution in [1.82, 2.24) is 10.6 Å². The Bertz CT molecular complexity index is 306. The number of carbonyl (C=O) groups is 2. The first kappa shape index (κ1) is 18.9. The van der Waals surface area contributed by atoms with Crippen LogP contribution in [0.25, 0.3) is 0 Å². The summed E-state index contributed by atoms with van der Waals surface area (Å²) in [6, 6.07) is 0. The Kier molecular flexibility index (Phi) is 9.16. The molecule has 0 bridgehead atoms. The van der Waals surface area contributed by atoms with Crippen molar-refractivity contribution in [3.05, 3.63) is 0 Å². The van der Waals surface area contributed by atoms with E-state index in [4.69, 9.17) is 5.11 Å². The Morgan fingerprint density at radius 1 is 1.15 bits per heavy atom. The van der Waals surface area contributed by atoms with Gasteiger partial charge >= 0.3 is 0 Å². The lowest BCUT2D eigenvalue weighted by atomic mass is 9.87. The highest BCUT2D eigenvalue weighted by molar-refractivity contribution is 5.81. The van der Waals surface area contributed by atoms with Gasteiger partial charge in [-0.05, 0) is 6.42 Å². The lowest BCUT2D eigenvalue weighted by Gasteiger charge is -2.27. The molecular formula is C14H28N2O4. The highest BCUT2D eigenvalue weighted by Crippen LogP contribution is 2.19. The lowest BCUT2D eigenvalue weighted by molar-refractivity contribution is -0.137. The highest BCUT2D eigenvalue weighted by Gasteiger charge is 2.32. The second kappa shape index (κ2) is 9.72. The van der Waals surface area contributed by atoms with Crippen LogP contribution in [0.5, 0.6) is 0 Å². The van der Waals surface area contributed by atoms with Gasteiger partial charge < -0.3 is 20.8 Å². The first-order valence-corrected chi connectivity index (χ1v) is 7.18. The molecule has 0 saturated heterocycles. The molecule has 0 aromatic carbocycles. The zero-order valence-electron chi connectivity index (χ0n) is 12.7. The fourth-order valence-electron chi connectivity index (χ4n) is 1.55. The van der Waals surface area contributed by atoms with Crippen LogP contribution in [0.1, 0.15) is 46.5 Å². The molecule has 20 heavy (non-hydrogen) atoms. The number of nitrogens with one attached hydrogen (secondary N) is 2. The van der Waals surface area contributed by atoms with E-state index in [0.717, 1.165) is 19.3 Å². The van der Waals surface area contributed by atoms with Crippen LogP contribution in [-0.4, -0.2) is 47.8 Å². The van der Waals surface area contributed by atoms with Crippen LogP contribution < -0.4 is 10.6 Å². The molecule has 6 nitrogen and oxygen atoms in total. The van der Waals surface area contributed by atoms with Crippen molar-refractivity contribution >= 4 is 11.8 Å². The molecule has 118 valence electrons. The van der Waals surface area contributed by atoms with E-state index >= 15 is 0 Å². The van der Waals surface area contributed by atoms with Crippen molar-refractivity contribution in [3.8, 4) is 0 Å². The summed E-state index contributed by atoms with van der Waals surface area (Å²) in [6.07, 6.45) is 2.21. The topological polar surface area (TPSA) is 98.7 Å². The average Bonchev–Trinajstić information content (AvgIpc) is 2.42. The van der Waals surface area contributed by atoms with Crippen LogP contribution in [0, 0.1) is 5.41 Å². The number of amides is 2. The SMILES string of the molecule is CCCCCC(=O)NCCNC(=O)[C@H](O)C(C)(C)CO. The zero-order chi connectivity index (χ0) is 15.6. The molecule has 0 heterocycles. The van der Waals surface area contributed by atoms with Crippen molar-refractivity contribution < 1.29 is 19.8 Å². The first-order chi connectivity index (χ1) is 9.35. The maximum atomic E-state index is 11.6. The van der Waals surface area contributed by atoms with Gasteiger partial charge in [0.1, 0.15) is 6.10 Å². The van der Waals surface area contributed by atoms with Gasteiger partial charge in [0.15, 0.2) is 0 Å². The molecule has 0 spiro atoms. The van der Waals surface area contributed by atoms with Gasteiger partial charge in [-0.25, -0.2) is 0 Å². The monoisotopic (exact) mass is 288 g/mol. The summed E-state index contributed by atoms with van der Waals surface area (Å²) < 4.78 is 0. The predicted octanol–water partition coefficient (Wildman–Crippen LogP) is 0.179. The molecular weight excluding hydrogens is 260 g/mol. The van der Waals surface area contributed by atoms with E-state index in [9.17, 15) is 14.7 Å². The third-order valence-electron chi connectivity index (χ3n) is 3.15. The second-order valence-corrected chi connectivity index (χ2v) is 5.65. The molecule has 2 amide bonds. The average molecular weight is 288 g/mol. The van der Waals surface area contributed by atoms with Crippen LogP contribution in [0.15, 0.2) is 0 Å². The summed E-state index contributed by atoms with van der Waals surface area (Å²) in [5.74, 6) is -0.562. The van der Waals surface area contributed by atoms with Crippen LogP contribution in [0.2, 0.25) is 0 Å². The Morgan fingerprint density at radius 3 is 2.30 bits per heavy atom. The van der Waals surface area contributed by atoms with Gasteiger partial charge in [0, 0.05) is 24.9 Å². The van der Waals surface area contributed by atoms with Crippen molar-refractivity contribution in [2.24, 2.45) is 5.41 Å². The normalized spacial score (nSPS) is 12.8. The van der Waals surface area contributed by atoms with Gasteiger partial charge in [-0.3, -0.25) is 9.59 Å². The lowest BCUT2D eigenvalue weighted by Crippen LogP contribution is -2.47. The number of hydrogen-bond donors (Lipinski definition) is 4. The number of carbonyl (C=O) groups excluding carboxylic acids is 2. The fraction of sp³-hybridized carbons (Fsp3) is 0.857. The summed E-state index contributed by atoms with van der Waals surface area (Å²) in [7, 11) is 0. The van der Waals surface area contributed by atoms with Crippen LogP contribution in [0.3, 0.4) is 0 Å². The van der Waals surface area contributed by atoms with Crippen molar-refractivity contribution in [2.45, 2.75) is 52.6 Å². The van der Waals surface area contributed by atoms with Gasteiger partial charge in [-0.2, -0.15) is 0 Å². The molecule has 0 radical (unpaired) electrons. The molecule has 0 aliphatic heterocycles. The van der Waals surface area contributed by atoms with E-state index in [2.05, 4.69) is 17.6 Å². The van der Waals surface area contributed by atoms with E-state index in [1.165, 1.54) is 0 Å². The van der Waals surface area contributed by atoms with Gasteiger partial charge in [0.25, 0.3) is 0 Å². The van der Waals surface area contributed by atoms with Crippen LogP contribution in [-0.2, 0) is 9.59 Å². The van der Waals surface area contributed by atoms with Crippen LogP contribution >= 0.6 is 0 Å². The number of rotatable bonds is 10. The van der Waals surface area contributed by atoms with E-state index < -0.39 is 17.4 Å². The third kappa shape index (κ3) is 7.45. The van der Waals surface area contributed by atoms with Gasteiger partial charge in [-0.1, -0.05) is 33.6 Å². The largest absolute Gasteiger partial charge is 0.396 e. The van der Waals surface area contributed by atoms with Gasteiger partial charge in [0.2, 0.25) is 11.8 Å². The van der Waals surface area contributed by atoms with E-state index in [1.54, 1.807) is 13.8 Å². The summed E-state index contributed by atoms with van der Waals surface area (Å²) in [5, 5.41) is 24.0. The number of unbranched alkanes of at least 4 members (excludes halogenated alkanes) is 2. The maximum absolute atomic E-state index is 11.6. The zero-order valence-corrected chi connectivity index (χ0v) is 12.7. The summed E-state index contributed by atoms with van der Waals surface area (Å²) in [6.45, 7) is 5.60. The van der Waals surface area contributed by atoms with Gasteiger partial charge in [0.05, 0.1) is 6.61 Å². The molecule has 0 aromatic heterocycles. The third-order valence-corrected chi connectivity index (χ3v) is 3.15. The first-order valence-electron chi connectivity index (χ1n) is 7.18.